The number of nitro benzene ring substituents is 1. The van der Waals surface area contributed by atoms with Crippen molar-refractivity contribution in [1.82, 2.24) is 10.2 Å². The predicted molar refractivity (Wildman–Crippen MR) is 190 cm³/mol. The van der Waals surface area contributed by atoms with E-state index in [2.05, 4.69) is 5.32 Å². The highest BCUT2D eigenvalue weighted by Gasteiger charge is 2.36. The third kappa shape index (κ3) is 9.28. The first kappa shape index (κ1) is 37.2. The first-order valence-corrected chi connectivity index (χ1v) is 17.4. The van der Waals surface area contributed by atoms with Crippen LogP contribution in [0.1, 0.15) is 30.5 Å². The van der Waals surface area contributed by atoms with Gasteiger partial charge >= 0.3 is 0 Å². The summed E-state index contributed by atoms with van der Waals surface area (Å²) < 4.78 is 35.1. The third-order valence-electron chi connectivity index (χ3n) is 7.62. The molecule has 0 saturated carbocycles. The molecule has 258 valence electrons. The molecular weight excluding hydrogens is 691 g/mol. The number of halogens is 2. The highest BCUT2D eigenvalue weighted by atomic mass is 35.5. The molecule has 0 aliphatic carbocycles. The molecule has 0 radical (unpaired) electrons. The lowest BCUT2D eigenvalue weighted by Gasteiger charge is -2.34. The number of hydrogen-bond acceptors (Lipinski definition) is 7. The average Bonchev–Trinajstić information content (AvgIpc) is 3.06. The van der Waals surface area contributed by atoms with Crippen molar-refractivity contribution in [2.75, 3.05) is 18.0 Å². The number of nitro groups is 1. The second kappa shape index (κ2) is 16.2. The van der Waals surface area contributed by atoms with Crippen molar-refractivity contribution < 1.29 is 27.7 Å². The van der Waals surface area contributed by atoms with Crippen LogP contribution in [0.25, 0.3) is 0 Å². The van der Waals surface area contributed by atoms with E-state index in [0.717, 1.165) is 15.9 Å². The summed E-state index contributed by atoms with van der Waals surface area (Å²) in [6.45, 7) is 4.19. The van der Waals surface area contributed by atoms with Crippen LogP contribution in [-0.4, -0.2) is 55.8 Å². The molecule has 1 atom stereocenters. The van der Waals surface area contributed by atoms with Crippen LogP contribution in [0.2, 0.25) is 10.0 Å². The SMILES string of the molecule is COc1ccc(Cl)cc1N(CC(=O)N(Cc1ccc(Cl)cc1)C(Cc1ccccc1)C(=O)NC(C)C)S(=O)(=O)c1ccc(C)c([N+](=O)[O-])c1. The normalized spacial score (nSPS) is 11.9. The molecule has 0 bridgehead atoms. The number of rotatable bonds is 14. The number of sulfonamides is 1. The van der Waals surface area contributed by atoms with Crippen LogP contribution in [0.5, 0.6) is 5.75 Å². The summed E-state index contributed by atoms with van der Waals surface area (Å²) in [4.78, 5) is 40.5. The van der Waals surface area contributed by atoms with Gasteiger partial charge in [-0.05, 0) is 68.3 Å². The minimum atomic E-state index is -4.68. The predicted octanol–water partition coefficient (Wildman–Crippen LogP) is 6.58. The number of aryl methyl sites for hydroxylation is 1. The van der Waals surface area contributed by atoms with Gasteiger partial charge in [0.25, 0.3) is 15.7 Å². The maximum atomic E-state index is 14.6. The lowest BCUT2D eigenvalue weighted by Crippen LogP contribution is -2.54. The molecule has 49 heavy (non-hydrogen) atoms. The number of ether oxygens (including phenoxy) is 1. The molecule has 0 spiro atoms. The van der Waals surface area contributed by atoms with E-state index in [0.29, 0.717) is 10.6 Å². The zero-order valence-electron chi connectivity index (χ0n) is 27.3. The number of amides is 2. The van der Waals surface area contributed by atoms with Crippen LogP contribution in [0.3, 0.4) is 0 Å². The molecule has 4 aromatic carbocycles. The zero-order valence-corrected chi connectivity index (χ0v) is 29.6. The number of hydrogen-bond donors (Lipinski definition) is 1. The summed E-state index contributed by atoms with van der Waals surface area (Å²) >= 11 is 12.5. The number of nitrogens with one attached hydrogen (secondary N) is 1. The summed E-state index contributed by atoms with van der Waals surface area (Å²) in [6, 6.07) is 22.3. The van der Waals surface area contributed by atoms with E-state index in [1.54, 1.807) is 38.1 Å². The molecule has 1 unspecified atom stereocenters. The number of methoxy groups -OCH3 is 1. The van der Waals surface area contributed by atoms with E-state index in [-0.39, 0.29) is 41.0 Å². The molecule has 0 aliphatic rings. The van der Waals surface area contributed by atoms with E-state index in [1.165, 1.54) is 49.3 Å². The monoisotopic (exact) mass is 726 g/mol. The molecule has 0 saturated heterocycles. The van der Waals surface area contributed by atoms with E-state index >= 15 is 0 Å². The van der Waals surface area contributed by atoms with Crippen LogP contribution in [-0.2, 0) is 32.6 Å². The van der Waals surface area contributed by atoms with Gasteiger partial charge in [-0.1, -0.05) is 71.7 Å². The Balaban J connectivity index is 1.89. The van der Waals surface area contributed by atoms with Gasteiger partial charge < -0.3 is 15.0 Å². The maximum Gasteiger partial charge on any atom is 0.273 e. The molecular formula is C35H36Cl2N4O7S. The summed E-state index contributed by atoms with van der Waals surface area (Å²) in [6.07, 6.45) is 0.121. The van der Waals surface area contributed by atoms with Crippen molar-refractivity contribution in [2.24, 2.45) is 0 Å². The quantitative estimate of drug-likeness (QED) is 0.114. The van der Waals surface area contributed by atoms with Crippen LogP contribution in [0, 0.1) is 17.0 Å². The molecule has 0 aromatic heterocycles. The minimum Gasteiger partial charge on any atom is -0.495 e. The molecule has 14 heteroatoms. The Labute approximate surface area is 295 Å². The van der Waals surface area contributed by atoms with Gasteiger partial charge in [0.2, 0.25) is 11.8 Å². The number of carbonyl (C=O) groups excluding carboxylic acids is 2. The maximum absolute atomic E-state index is 14.6. The van der Waals surface area contributed by atoms with Crippen molar-refractivity contribution in [3.63, 3.8) is 0 Å². The van der Waals surface area contributed by atoms with E-state index in [1.807, 2.05) is 30.3 Å². The summed E-state index contributed by atoms with van der Waals surface area (Å²) in [7, 11) is -3.35. The Bertz CT molecular complexity index is 1920. The van der Waals surface area contributed by atoms with Gasteiger partial charge in [0.15, 0.2) is 0 Å². The molecule has 4 rings (SSSR count). The fourth-order valence-corrected chi connectivity index (χ4v) is 6.90. The fourth-order valence-electron chi connectivity index (χ4n) is 5.17. The first-order chi connectivity index (χ1) is 23.2. The van der Waals surface area contributed by atoms with E-state index in [4.69, 9.17) is 27.9 Å². The van der Waals surface area contributed by atoms with Crippen molar-refractivity contribution in [3.8, 4) is 5.75 Å². The van der Waals surface area contributed by atoms with Gasteiger partial charge in [-0.3, -0.25) is 24.0 Å². The van der Waals surface area contributed by atoms with Crippen molar-refractivity contribution in [1.29, 1.82) is 0 Å². The van der Waals surface area contributed by atoms with Crippen LogP contribution in [0.15, 0.2) is 95.9 Å². The fraction of sp³-hybridized carbons (Fsp3) is 0.257. The van der Waals surface area contributed by atoms with Gasteiger partial charge in [0.05, 0.1) is 22.6 Å². The second-order valence-corrected chi connectivity index (χ2v) is 14.3. The Kier molecular flexibility index (Phi) is 12.3. The minimum absolute atomic E-state index is 0.0738. The molecule has 0 heterocycles. The van der Waals surface area contributed by atoms with Crippen molar-refractivity contribution in [2.45, 2.75) is 50.7 Å². The molecule has 4 aromatic rings. The lowest BCUT2D eigenvalue weighted by atomic mass is 10.0. The highest BCUT2D eigenvalue weighted by Crippen LogP contribution is 2.36. The molecule has 0 aliphatic heterocycles. The smallest absolute Gasteiger partial charge is 0.273 e. The molecule has 0 fully saturated rings. The summed E-state index contributed by atoms with van der Waals surface area (Å²) in [5, 5.41) is 15.3. The van der Waals surface area contributed by atoms with Crippen molar-refractivity contribution >= 4 is 56.4 Å². The van der Waals surface area contributed by atoms with Crippen LogP contribution >= 0.6 is 23.2 Å². The highest BCUT2D eigenvalue weighted by molar-refractivity contribution is 7.92. The summed E-state index contributed by atoms with van der Waals surface area (Å²) in [5.41, 5.74) is 1.17. The Morgan fingerprint density at radius 2 is 1.57 bits per heavy atom. The lowest BCUT2D eigenvalue weighted by molar-refractivity contribution is -0.385. The molecule has 11 nitrogen and oxygen atoms in total. The van der Waals surface area contributed by atoms with Gasteiger partial charge in [0.1, 0.15) is 18.3 Å². The van der Waals surface area contributed by atoms with E-state index in [9.17, 15) is 28.1 Å². The largest absolute Gasteiger partial charge is 0.495 e. The number of anilines is 1. The molecule has 2 amide bonds. The summed E-state index contributed by atoms with van der Waals surface area (Å²) in [5.74, 6) is -1.10. The van der Waals surface area contributed by atoms with E-state index < -0.39 is 49.9 Å². The van der Waals surface area contributed by atoms with Crippen LogP contribution in [0.4, 0.5) is 11.4 Å². The molecule has 1 N–H and O–H groups in total. The Morgan fingerprint density at radius 3 is 2.18 bits per heavy atom. The number of benzene rings is 4. The van der Waals surface area contributed by atoms with Crippen LogP contribution < -0.4 is 14.4 Å². The van der Waals surface area contributed by atoms with Gasteiger partial charge in [0, 0.05) is 40.7 Å². The number of nitrogens with zero attached hydrogens (tertiary/aromatic N) is 3. The Hall–Kier alpha value is -4.65. The second-order valence-electron chi connectivity index (χ2n) is 11.6. The zero-order chi connectivity index (χ0) is 35.9. The topological polar surface area (TPSA) is 139 Å². The van der Waals surface area contributed by atoms with Gasteiger partial charge in [-0.2, -0.15) is 0 Å². The van der Waals surface area contributed by atoms with Crippen molar-refractivity contribution in [3.05, 3.63) is 128 Å². The number of carbonyl (C=O) groups is 2. The standard InChI is InChI=1S/C35H36Cl2N4O7S/c1-23(2)38-35(43)32(18-25-8-6-5-7-9-25)39(21-26-11-13-27(36)14-12-26)34(42)22-40(31-19-28(37)15-17-33(31)48-4)49(46,47)29-16-10-24(3)30(20-29)41(44)45/h5-17,19-20,23,32H,18,21-22H2,1-4H3,(H,38,43). The van der Waals surface area contributed by atoms with Gasteiger partial charge in [-0.25, -0.2) is 8.42 Å². The first-order valence-electron chi connectivity index (χ1n) is 15.2. The Morgan fingerprint density at radius 1 is 0.918 bits per heavy atom. The average molecular weight is 728 g/mol. The van der Waals surface area contributed by atoms with Gasteiger partial charge in [-0.15, -0.1) is 0 Å². The third-order valence-corrected chi connectivity index (χ3v) is 9.86.